The number of nitrogens with zero attached hydrogens (tertiary/aromatic N) is 3. The van der Waals surface area contributed by atoms with E-state index in [1.54, 1.807) is 18.7 Å². The van der Waals surface area contributed by atoms with Crippen molar-refractivity contribution < 1.29 is 4.74 Å². The Morgan fingerprint density at radius 3 is 3.06 bits per heavy atom. The molecule has 0 aliphatic heterocycles. The molecule has 6 heteroatoms. The van der Waals surface area contributed by atoms with Gasteiger partial charge >= 0.3 is 0 Å². The Kier molecular flexibility index (Phi) is 4.39. The largest absolute Gasteiger partial charge is 0.492 e. The Morgan fingerprint density at radius 2 is 2.35 bits per heavy atom. The number of aryl methyl sites for hydroxylation is 1. The first-order valence-electron chi connectivity index (χ1n) is 5.15. The minimum atomic E-state index is 0.441. The van der Waals surface area contributed by atoms with Crippen LogP contribution in [0, 0.1) is 0 Å². The summed E-state index contributed by atoms with van der Waals surface area (Å²) in [6, 6.07) is 1.81. The van der Waals surface area contributed by atoms with Crippen LogP contribution >= 0.6 is 27.5 Å². The minimum Gasteiger partial charge on any atom is -0.492 e. The molecule has 0 bridgehead atoms. The number of rotatable bonds is 5. The molecule has 0 N–H and O–H groups in total. The number of imidazole rings is 1. The van der Waals surface area contributed by atoms with Crippen LogP contribution in [-0.4, -0.2) is 21.1 Å². The van der Waals surface area contributed by atoms with Crippen LogP contribution in [0.25, 0.3) is 0 Å². The predicted octanol–water partition coefficient (Wildman–Crippen LogP) is 3.16. The normalized spacial score (nSPS) is 10.5. The van der Waals surface area contributed by atoms with Gasteiger partial charge in [-0.25, -0.2) is 9.97 Å². The lowest BCUT2D eigenvalue weighted by Gasteiger charge is -2.06. The summed E-state index contributed by atoms with van der Waals surface area (Å²) >= 11 is 9.09. The lowest BCUT2D eigenvalue weighted by molar-refractivity contribution is 0.300. The van der Waals surface area contributed by atoms with E-state index in [1.807, 2.05) is 16.8 Å². The fourth-order valence-corrected chi connectivity index (χ4v) is 1.77. The van der Waals surface area contributed by atoms with Crippen LogP contribution in [0.4, 0.5) is 0 Å². The fraction of sp³-hybridized carbons (Fsp3) is 0.273. The summed E-state index contributed by atoms with van der Waals surface area (Å²) in [5, 5.41) is 0.441. The quantitative estimate of drug-likeness (QED) is 0.628. The zero-order chi connectivity index (χ0) is 12.1. The smallest absolute Gasteiger partial charge is 0.143 e. The summed E-state index contributed by atoms with van der Waals surface area (Å²) in [4.78, 5) is 7.96. The Hall–Kier alpha value is -1.07. The topological polar surface area (TPSA) is 39.9 Å². The zero-order valence-corrected chi connectivity index (χ0v) is 11.4. The van der Waals surface area contributed by atoms with E-state index in [0.717, 1.165) is 17.4 Å². The summed E-state index contributed by atoms with van der Waals surface area (Å²) in [7, 11) is 0. The lowest BCUT2D eigenvalue weighted by Crippen LogP contribution is -2.03. The Balaban J connectivity index is 1.76. The average molecular weight is 317 g/mol. The van der Waals surface area contributed by atoms with Gasteiger partial charge in [-0.2, -0.15) is 0 Å². The van der Waals surface area contributed by atoms with Crippen LogP contribution in [0.3, 0.4) is 0 Å². The Labute approximate surface area is 113 Å². The molecule has 0 saturated heterocycles. The van der Waals surface area contributed by atoms with Crippen molar-refractivity contribution in [2.75, 3.05) is 6.61 Å². The third-order valence-electron chi connectivity index (χ3n) is 2.16. The van der Waals surface area contributed by atoms with Gasteiger partial charge in [-0.1, -0.05) is 11.6 Å². The highest BCUT2D eigenvalue weighted by molar-refractivity contribution is 9.10. The summed E-state index contributed by atoms with van der Waals surface area (Å²) in [6.07, 6.45) is 8.02. The van der Waals surface area contributed by atoms with Gasteiger partial charge in [0, 0.05) is 18.9 Å². The van der Waals surface area contributed by atoms with Crippen LogP contribution in [0.1, 0.15) is 6.42 Å². The van der Waals surface area contributed by atoms with Crippen molar-refractivity contribution in [3.8, 4) is 5.75 Å². The highest BCUT2D eigenvalue weighted by Gasteiger charge is 2.01. The number of aromatic nitrogens is 3. The van der Waals surface area contributed by atoms with Gasteiger partial charge < -0.3 is 9.30 Å². The van der Waals surface area contributed by atoms with Crippen molar-refractivity contribution >= 4 is 27.5 Å². The van der Waals surface area contributed by atoms with Gasteiger partial charge in [0.05, 0.1) is 23.6 Å². The monoisotopic (exact) mass is 315 g/mol. The molecule has 0 aliphatic rings. The van der Waals surface area contributed by atoms with Gasteiger partial charge in [-0.3, -0.25) is 0 Å². The second-order valence-corrected chi connectivity index (χ2v) is 4.66. The van der Waals surface area contributed by atoms with Crippen LogP contribution in [0.2, 0.25) is 5.15 Å². The molecular formula is C11H11BrClN3O. The number of halogens is 2. The fourth-order valence-electron chi connectivity index (χ4n) is 1.34. The molecule has 4 nitrogen and oxygen atoms in total. The SMILES string of the molecule is Clc1ncc(OCCCn2ccnc2)cc1Br. The molecule has 0 saturated carbocycles. The molecule has 2 aromatic heterocycles. The molecule has 0 aliphatic carbocycles. The van der Waals surface area contributed by atoms with E-state index in [9.17, 15) is 0 Å². The molecule has 90 valence electrons. The third kappa shape index (κ3) is 3.71. The second-order valence-electron chi connectivity index (χ2n) is 3.45. The Bertz CT molecular complexity index is 476. The highest BCUT2D eigenvalue weighted by Crippen LogP contribution is 2.24. The highest BCUT2D eigenvalue weighted by atomic mass is 79.9. The summed E-state index contributed by atoms with van der Waals surface area (Å²) in [6.45, 7) is 1.52. The number of ether oxygens (including phenoxy) is 1. The van der Waals surface area contributed by atoms with E-state index < -0.39 is 0 Å². The molecule has 0 amide bonds. The van der Waals surface area contributed by atoms with Crippen LogP contribution < -0.4 is 4.74 Å². The first-order chi connectivity index (χ1) is 8.25. The van der Waals surface area contributed by atoms with E-state index in [4.69, 9.17) is 16.3 Å². The van der Waals surface area contributed by atoms with Crippen molar-refractivity contribution in [1.29, 1.82) is 0 Å². The van der Waals surface area contributed by atoms with Crippen molar-refractivity contribution in [3.63, 3.8) is 0 Å². The molecule has 2 aromatic rings. The van der Waals surface area contributed by atoms with E-state index in [0.29, 0.717) is 17.5 Å². The van der Waals surface area contributed by atoms with Gasteiger partial charge in [0.15, 0.2) is 0 Å². The van der Waals surface area contributed by atoms with Gasteiger partial charge in [0.25, 0.3) is 0 Å². The zero-order valence-electron chi connectivity index (χ0n) is 9.01. The first-order valence-corrected chi connectivity index (χ1v) is 6.32. The van der Waals surface area contributed by atoms with Crippen molar-refractivity contribution in [1.82, 2.24) is 14.5 Å². The molecule has 0 radical (unpaired) electrons. The van der Waals surface area contributed by atoms with Crippen molar-refractivity contribution in [2.45, 2.75) is 13.0 Å². The van der Waals surface area contributed by atoms with E-state index in [1.165, 1.54) is 0 Å². The van der Waals surface area contributed by atoms with Crippen molar-refractivity contribution in [2.24, 2.45) is 0 Å². The number of hydrogen-bond donors (Lipinski definition) is 0. The standard InChI is InChI=1S/C11H11BrClN3O/c12-10-6-9(7-15-11(10)13)17-5-1-3-16-4-2-14-8-16/h2,4,6-8H,1,3,5H2. The summed E-state index contributed by atoms with van der Waals surface area (Å²) in [5.41, 5.74) is 0. The molecule has 0 unspecified atom stereocenters. The molecular weight excluding hydrogens is 305 g/mol. The first kappa shape index (κ1) is 12.4. The van der Waals surface area contributed by atoms with Crippen LogP contribution in [-0.2, 0) is 6.54 Å². The van der Waals surface area contributed by atoms with Gasteiger partial charge in [-0.15, -0.1) is 0 Å². The number of hydrogen-bond acceptors (Lipinski definition) is 3. The molecule has 0 aromatic carbocycles. The molecule has 0 atom stereocenters. The van der Waals surface area contributed by atoms with Gasteiger partial charge in [0.1, 0.15) is 10.9 Å². The molecule has 2 rings (SSSR count). The maximum Gasteiger partial charge on any atom is 0.143 e. The predicted molar refractivity (Wildman–Crippen MR) is 69.3 cm³/mol. The minimum absolute atomic E-state index is 0.441. The maximum absolute atomic E-state index is 5.79. The summed E-state index contributed by atoms with van der Waals surface area (Å²) < 4.78 is 8.31. The van der Waals surface area contributed by atoms with Gasteiger partial charge in [0.2, 0.25) is 0 Å². The average Bonchev–Trinajstić information content (AvgIpc) is 2.82. The molecule has 2 heterocycles. The van der Waals surface area contributed by atoms with Crippen LogP contribution in [0.15, 0.2) is 35.5 Å². The van der Waals surface area contributed by atoms with Crippen LogP contribution in [0.5, 0.6) is 5.75 Å². The maximum atomic E-state index is 5.79. The summed E-state index contributed by atoms with van der Waals surface area (Å²) in [5.74, 6) is 0.715. The lowest BCUT2D eigenvalue weighted by atomic mass is 10.4. The molecule has 0 fully saturated rings. The number of pyridine rings is 1. The van der Waals surface area contributed by atoms with E-state index in [-0.39, 0.29) is 0 Å². The van der Waals surface area contributed by atoms with E-state index >= 15 is 0 Å². The second kappa shape index (κ2) is 6.02. The van der Waals surface area contributed by atoms with E-state index in [2.05, 4.69) is 25.9 Å². The molecule has 0 spiro atoms. The van der Waals surface area contributed by atoms with Gasteiger partial charge in [-0.05, 0) is 28.4 Å². The Morgan fingerprint density at radius 1 is 1.47 bits per heavy atom. The molecule has 17 heavy (non-hydrogen) atoms. The third-order valence-corrected chi connectivity index (χ3v) is 3.29. The van der Waals surface area contributed by atoms with Crippen molar-refractivity contribution in [3.05, 3.63) is 40.6 Å².